The third-order valence-electron chi connectivity index (χ3n) is 3.25. The number of aromatic hydroxyl groups is 1. The zero-order valence-corrected chi connectivity index (χ0v) is 13.3. The average molecular weight is 328 g/mol. The van der Waals surface area contributed by atoms with Crippen LogP contribution in [0.15, 0.2) is 24.3 Å². The van der Waals surface area contributed by atoms with Crippen molar-refractivity contribution in [1.82, 2.24) is 5.32 Å². The molecule has 112 valence electrons. The van der Waals surface area contributed by atoms with Crippen LogP contribution in [0.2, 0.25) is 10.0 Å². The van der Waals surface area contributed by atoms with Crippen molar-refractivity contribution in [2.45, 2.75) is 26.9 Å². The molecule has 0 bridgehead atoms. The van der Waals surface area contributed by atoms with Gasteiger partial charge in [0.25, 0.3) is 0 Å². The van der Waals surface area contributed by atoms with Crippen LogP contribution in [0, 0.1) is 19.7 Å². The maximum Gasteiger partial charge on any atom is 0.138 e. The van der Waals surface area contributed by atoms with Crippen LogP contribution < -0.4 is 5.32 Å². The van der Waals surface area contributed by atoms with E-state index in [0.29, 0.717) is 34.8 Å². The second kappa shape index (κ2) is 6.65. The average Bonchev–Trinajstić information content (AvgIpc) is 2.41. The van der Waals surface area contributed by atoms with Gasteiger partial charge in [-0.25, -0.2) is 4.39 Å². The number of aryl methyl sites for hydroxylation is 2. The summed E-state index contributed by atoms with van der Waals surface area (Å²) in [5.41, 5.74) is 2.86. The van der Waals surface area contributed by atoms with Crippen LogP contribution in [0.5, 0.6) is 5.75 Å². The van der Waals surface area contributed by atoms with Crippen molar-refractivity contribution in [3.8, 4) is 5.75 Å². The van der Waals surface area contributed by atoms with Crippen molar-refractivity contribution >= 4 is 23.2 Å². The molecule has 0 unspecified atom stereocenters. The highest BCUT2D eigenvalue weighted by Crippen LogP contribution is 2.31. The summed E-state index contributed by atoms with van der Waals surface area (Å²) in [7, 11) is 0. The van der Waals surface area contributed by atoms with Gasteiger partial charge < -0.3 is 10.4 Å². The molecule has 0 atom stereocenters. The fourth-order valence-corrected chi connectivity index (χ4v) is 2.77. The van der Waals surface area contributed by atoms with Gasteiger partial charge in [0.1, 0.15) is 11.6 Å². The normalized spacial score (nSPS) is 10.9. The summed E-state index contributed by atoms with van der Waals surface area (Å²) < 4.78 is 13.6. The summed E-state index contributed by atoms with van der Waals surface area (Å²) in [5.74, 6) is -0.141. The quantitative estimate of drug-likeness (QED) is 0.849. The fraction of sp³-hybridized carbons (Fsp3) is 0.250. The van der Waals surface area contributed by atoms with Gasteiger partial charge in [-0.05, 0) is 42.7 Å². The fourth-order valence-electron chi connectivity index (χ4n) is 2.23. The van der Waals surface area contributed by atoms with Crippen molar-refractivity contribution in [2.75, 3.05) is 0 Å². The van der Waals surface area contributed by atoms with E-state index in [9.17, 15) is 9.50 Å². The summed E-state index contributed by atoms with van der Waals surface area (Å²) in [6.45, 7) is 4.47. The second-order valence-electron chi connectivity index (χ2n) is 5.04. The minimum atomic E-state index is -0.169. The van der Waals surface area contributed by atoms with Gasteiger partial charge in [0.15, 0.2) is 0 Å². The van der Waals surface area contributed by atoms with Crippen LogP contribution in [-0.4, -0.2) is 5.11 Å². The van der Waals surface area contributed by atoms with Crippen LogP contribution in [0.25, 0.3) is 0 Å². The summed E-state index contributed by atoms with van der Waals surface area (Å²) in [4.78, 5) is 0. The van der Waals surface area contributed by atoms with Crippen molar-refractivity contribution in [3.63, 3.8) is 0 Å². The molecule has 0 aliphatic rings. The molecular formula is C16H16Cl2FNO. The Balaban J connectivity index is 2.05. The molecule has 2 rings (SSSR count). The minimum absolute atomic E-state index is 0.0278. The number of hydrogen-bond donors (Lipinski definition) is 2. The molecule has 21 heavy (non-hydrogen) atoms. The van der Waals surface area contributed by atoms with E-state index in [1.807, 2.05) is 0 Å². The summed E-state index contributed by atoms with van der Waals surface area (Å²) in [6, 6.07) is 6.77. The lowest BCUT2D eigenvalue weighted by Gasteiger charge is -2.10. The van der Waals surface area contributed by atoms with Crippen LogP contribution in [-0.2, 0) is 13.1 Å². The molecule has 0 heterocycles. The first-order chi connectivity index (χ1) is 9.88. The third kappa shape index (κ3) is 3.88. The zero-order chi connectivity index (χ0) is 15.6. The van der Waals surface area contributed by atoms with Gasteiger partial charge in [-0.15, -0.1) is 0 Å². The summed E-state index contributed by atoms with van der Waals surface area (Å²) in [5, 5.41) is 13.8. The first kappa shape index (κ1) is 16.1. The highest BCUT2D eigenvalue weighted by molar-refractivity contribution is 6.35. The number of phenolic OH excluding ortho intramolecular Hbond substituents is 1. The zero-order valence-electron chi connectivity index (χ0n) is 11.8. The molecule has 0 saturated carbocycles. The van der Waals surface area contributed by atoms with E-state index in [2.05, 4.69) is 5.32 Å². The predicted molar refractivity (Wildman–Crippen MR) is 84.5 cm³/mol. The molecule has 0 fully saturated rings. The Morgan fingerprint density at radius 3 is 2.29 bits per heavy atom. The number of halogens is 3. The lowest BCUT2D eigenvalue weighted by Crippen LogP contribution is -2.13. The predicted octanol–water partition coefficient (Wildman–Crippen LogP) is 4.74. The van der Waals surface area contributed by atoms with E-state index < -0.39 is 0 Å². The lowest BCUT2D eigenvalue weighted by atomic mass is 10.1. The van der Waals surface area contributed by atoms with E-state index >= 15 is 0 Å². The molecule has 2 N–H and O–H groups in total. The third-order valence-corrected chi connectivity index (χ3v) is 3.75. The molecule has 0 amide bonds. The van der Waals surface area contributed by atoms with Gasteiger partial charge in [0, 0.05) is 23.7 Å². The smallest absolute Gasteiger partial charge is 0.138 e. The van der Waals surface area contributed by atoms with Gasteiger partial charge in [-0.3, -0.25) is 0 Å². The molecule has 0 saturated heterocycles. The number of rotatable bonds is 4. The van der Waals surface area contributed by atoms with Crippen LogP contribution in [0.3, 0.4) is 0 Å². The topological polar surface area (TPSA) is 32.3 Å². The molecule has 0 aliphatic carbocycles. The van der Waals surface area contributed by atoms with Gasteiger partial charge in [0.2, 0.25) is 0 Å². The number of hydrogen-bond acceptors (Lipinski definition) is 2. The van der Waals surface area contributed by atoms with E-state index in [4.69, 9.17) is 23.2 Å². The SMILES string of the molecule is Cc1cc(CNCc2cc(Cl)cc(Cl)c2O)cc(C)c1F. The molecule has 0 radical (unpaired) electrons. The van der Waals surface area contributed by atoms with Crippen LogP contribution in [0.4, 0.5) is 4.39 Å². The van der Waals surface area contributed by atoms with Gasteiger partial charge in [-0.1, -0.05) is 35.3 Å². The highest BCUT2D eigenvalue weighted by Gasteiger charge is 2.08. The Hall–Kier alpha value is -1.29. The highest BCUT2D eigenvalue weighted by atomic mass is 35.5. The molecule has 0 aliphatic heterocycles. The molecule has 0 spiro atoms. The molecule has 0 aromatic heterocycles. The lowest BCUT2D eigenvalue weighted by molar-refractivity contribution is 0.464. The summed E-state index contributed by atoms with van der Waals surface area (Å²) in [6.07, 6.45) is 0. The second-order valence-corrected chi connectivity index (χ2v) is 5.89. The first-order valence-corrected chi connectivity index (χ1v) is 7.27. The van der Waals surface area contributed by atoms with Gasteiger partial charge >= 0.3 is 0 Å². The van der Waals surface area contributed by atoms with Crippen molar-refractivity contribution in [2.24, 2.45) is 0 Å². The standard InChI is InChI=1S/C16H16Cl2FNO/c1-9-3-11(4-10(2)15(9)19)7-20-8-12-5-13(17)6-14(18)16(12)21/h3-6,20-21H,7-8H2,1-2H3. The monoisotopic (exact) mass is 327 g/mol. The summed E-state index contributed by atoms with van der Waals surface area (Å²) >= 11 is 11.8. The van der Waals surface area contributed by atoms with E-state index in [0.717, 1.165) is 5.56 Å². The number of phenols is 1. The van der Waals surface area contributed by atoms with Crippen molar-refractivity contribution < 1.29 is 9.50 Å². The maximum atomic E-state index is 13.6. The molecule has 2 aromatic rings. The Bertz CT molecular complexity index is 651. The maximum absolute atomic E-state index is 13.6. The van der Waals surface area contributed by atoms with Crippen molar-refractivity contribution in [3.05, 3.63) is 62.4 Å². The first-order valence-electron chi connectivity index (χ1n) is 6.51. The Kier molecular flexibility index (Phi) is 5.09. The molecule has 2 nitrogen and oxygen atoms in total. The minimum Gasteiger partial charge on any atom is -0.506 e. The number of nitrogens with one attached hydrogen (secondary N) is 1. The number of benzene rings is 2. The van der Waals surface area contributed by atoms with Crippen molar-refractivity contribution in [1.29, 1.82) is 0 Å². The Labute approximate surface area is 133 Å². The largest absolute Gasteiger partial charge is 0.506 e. The Morgan fingerprint density at radius 2 is 1.67 bits per heavy atom. The van der Waals surface area contributed by atoms with E-state index in [-0.39, 0.29) is 16.6 Å². The van der Waals surface area contributed by atoms with Gasteiger partial charge in [-0.2, -0.15) is 0 Å². The van der Waals surface area contributed by atoms with Crippen LogP contribution >= 0.6 is 23.2 Å². The molecule has 5 heteroatoms. The molecule has 2 aromatic carbocycles. The molecular weight excluding hydrogens is 312 g/mol. The van der Waals surface area contributed by atoms with E-state index in [1.54, 1.807) is 32.0 Å². The van der Waals surface area contributed by atoms with Crippen LogP contribution in [0.1, 0.15) is 22.3 Å². The van der Waals surface area contributed by atoms with E-state index in [1.165, 1.54) is 6.07 Å². The van der Waals surface area contributed by atoms with Gasteiger partial charge in [0.05, 0.1) is 5.02 Å². The Morgan fingerprint density at radius 1 is 1.05 bits per heavy atom.